The molecule has 0 radical (unpaired) electrons. The molecule has 0 saturated heterocycles. The van der Waals surface area contributed by atoms with E-state index in [1.165, 1.54) is 0 Å². The fourth-order valence-corrected chi connectivity index (χ4v) is 1.92. The number of nitrogens with one attached hydrogen (secondary N) is 1. The van der Waals surface area contributed by atoms with Gasteiger partial charge in [0.15, 0.2) is 0 Å². The van der Waals surface area contributed by atoms with Crippen LogP contribution in [0.1, 0.15) is 0 Å². The van der Waals surface area contributed by atoms with Gasteiger partial charge in [-0.05, 0) is 24.3 Å². The molecule has 0 aliphatic rings. The molecule has 0 atom stereocenters. The van der Waals surface area contributed by atoms with E-state index < -0.39 is 0 Å². The lowest BCUT2D eigenvalue weighted by molar-refractivity contribution is 0.415. The van der Waals surface area contributed by atoms with Crippen LogP contribution in [0.3, 0.4) is 0 Å². The van der Waals surface area contributed by atoms with Crippen molar-refractivity contribution in [2.24, 2.45) is 0 Å². The molecular formula is C14H15ClN2O2. The molecule has 4 nitrogen and oxygen atoms in total. The Morgan fingerprint density at radius 2 is 1.79 bits per heavy atom. The summed E-state index contributed by atoms with van der Waals surface area (Å²) < 4.78 is 10.3. The molecule has 19 heavy (non-hydrogen) atoms. The van der Waals surface area contributed by atoms with E-state index in [9.17, 15) is 0 Å². The number of hydrogen-bond acceptors (Lipinski definition) is 4. The number of para-hydroxylation sites is 1. The molecule has 0 bridgehead atoms. The van der Waals surface area contributed by atoms with Gasteiger partial charge < -0.3 is 20.5 Å². The normalized spacial score (nSPS) is 10.1. The first kappa shape index (κ1) is 13.4. The summed E-state index contributed by atoms with van der Waals surface area (Å²) in [5.41, 5.74) is 8.15. The van der Waals surface area contributed by atoms with E-state index in [0.29, 0.717) is 22.2 Å². The van der Waals surface area contributed by atoms with Crippen molar-refractivity contribution in [1.82, 2.24) is 0 Å². The van der Waals surface area contributed by atoms with Crippen LogP contribution in [-0.4, -0.2) is 14.2 Å². The lowest BCUT2D eigenvalue weighted by Crippen LogP contribution is -1.99. The number of anilines is 3. The van der Waals surface area contributed by atoms with Crippen molar-refractivity contribution in [3.8, 4) is 11.5 Å². The Labute approximate surface area is 117 Å². The van der Waals surface area contributed by atoms with Crippen molar-refractivity contribution in [3.05, 3.63) is 41.4 Å². The quantitative estimate of drug-likeness (QED) is 0.838. The third-order valence-corrected chi connectivity index (χ3v) is 3.03. The number of benzene rings is 2. The van der Waals surface area contributed by atoms with Crippen LogP contribution in [0.2, 0.25) is 5.02 Å². The molecule has 0 aliphatic carbocycles. The van der Waals surface area contributed by atoms with Gasteiger partial charge in [0.05, 0.1) is 30.6 Å². The Balaban J connectivity index is 2.31. The summed E-state index contributed by atoms with van der Waals surface area (Å²) in [7, 11) is 3.16. The Morgan fingerprint density at radius 1 is 1.05 bits per heavy atom. The second-order valence-electron chi connectivity index (χ2n) is 3.90. The molecule has 0 amide bonds. The van der Waals surface area contributed by atoms with E-state index in [0.717, 1.165) is 11.4 Å². The monoisotopic (exact) mass is 278 g/mol. The van der Waals surface area contributed by atoms with E-state index >= 15 is 0 Å². The van der Waals surface area contributed by atoms with Gasteiger partial charge in [-0.3, -0.25) is 0 Å². The largest absolute Gasteiger partial charge is 0.495 e. The number of ether oxygens (including phenoxy) is 2. The van der Waals surface area contributed by atoms with Crippen LogP contribution in [0.15, 0.2) is 36.4 Å². The Hall–Kier alpha value is -2.07. The molecule has 3 N–H and O–H groups in total. The maximum Gasteiger partial charge on any atom is 0.143 e. The molecular weight excluding hydrogens is 264 g/mol. The minimum Gasteiger partial charge on any atom is -0.495 e. The zero-order chi connectivity index (χ0) is 13.8. The summed E-state index contributed by atoms with van der Waals surface area (Å²) in [5, 5.41) is 3.77. The molecule has 5 heteroatoms. The van der Waals surface area contributed by atoms with E-state index in [1.54, 1.807) is 26.4 Å². The topological polar surface area (TPSA) is 56.5 Å². The molecule has 0 saturated carbocycles. The van der Waals surface area contributed by atoms with Crippen molar-refractivity contribution in [3.63, 3.8) is 0 Å². The maximum absolute atomic E-state index is 6.00. The lowest BCUT2D eigenvalue weighted by atomic mass is 10.2. The first-order valence-electron chi connectivity index (χ1n) is 5.68. The fraction of sp³-hybridized carbons (Fsp3) is 0.143. The van der Waals surface area contributed by atoms with Gasteiger partial charge in [-0.2, -0.15) is 0 Å². The van der Waals surface area contributed by atoms with Crippen LogP contribution < -0.4 is 20.5 Å². The lowest BCUT2D eigenvalue weighted by Gasteiger charge is -2.13. The minimum absolute atomic E-state index is 0.555. The van der Waals surface area contributed by atoms with E-state index in [1.807, 2.05) is 24.3 Å². The average Bonchev–Trinajstić information content (AvgIpc) is 2.43. The Kier molecular flexibility index (Phi) is 4.02. The predicted octanol–water partition coefficient (Wildman–Crippen LogP) is 3.68. The number of nitrogens with two attached hydrogens (primary N) is 1. The summed E-state index contributed by atoms with van der Waals surface area (Å²) in [6.07, 6.45) is 0. The Bertz CT molecular complexity index is 588. The van der Waals surface area contributed by atoms with Crippen LogP contribution in [0.5, 0.6) is 11.5 Å². The maximum atomic E-state index is 6.00. The van der Waals surface area contributed by atoms with Gasteiger partial charge in [0, 0.05) is 11.8 Å². The number of methoxy groups -OCH3 is 2. The SMILES string of the molecule is COc1cc(Nc2cccc(OC)c2N)ccc1Cl. The average molecular weight is 279 g/mol. The molecule has 0 aliphatic heterocycles. The second-order valence-corrected chi connectivity index (χ2v) is 4.30. The molecule has 2 aromatic carbocycles. The molecule has 0 unspecified atom stereocenters. The van der Waals surface area contributed by atoms with Gasteiger partial charge in [-0.25, -0.2) is 0 Å². The fourth-order valence-electron chi connectivity index (χ4n) is 1.72. The summed E-state index contributed by atoms with van der Waals surface area (Å²) in [6.45, 7) is 0. The van der Waals surface area contributed by atoms with Crippen molar-refractivity contribution < 1.29 is 9.47 Å². The predicted molar refractivity (Wildman–Crippen MR) is 78.7 cm³/mol. The first-order chi connectivity index (χ1) is 9.15. The van der Waals surface area contributed by atoms with Gasteiger partial charge >= 0.3 is 0 Å². The second kappa shape index (κ2) is 5.71. The number of halogens is 1. The minimum atomic E-state index is 0.555. The zero-order valence-corrected chi connectivity index (χ0v) is 11.5. The van der Waals surface area contributed by atoms with Gasteiger partial charge in [-0.1, -0.05) is 17.7 Å². The van der Waals surface area contributed by atoms with E-state index in [-0.39, 0.29) is 0 Å². The highest BCUT2D eigenvalue weighted by Gasteiger charge is 2.07. The van der Waals surface area contributed by atoms with Crippen molar-refractivity contribution in [2.75, 3.05) is 25.3 Å². The van der Waals surface area contributed by atoms with Crippen LogP contribution in [0.25, 0.3) is 0 Å². The highest BCUT2D eigenvalue weighted by molar-refractivity contribution is 6.32. The highest BCUT2D eigenvalue weighted by atomic mass is 35.5. The van der Waals surface area contributed by atoms with Crippen molar-refractivity contribution in [1.29, 1.82) is 0 Å². The van der Waals surface area contributed by atoms with Crippen molar-refractivity contribution in [2.45, 2.75) is 0 Å². The van der Waals surface area contributed by atoms with Gasteiger partial charge in [0.25, 0.3) is 0 Å². The van der Waals surface area contributed by atoms with Crippen LogP contribution in [0, 0.1) is 0 Å². The Morgan fingerprint density at radius 3 is 2.47 bits per heavy atom. The van der Waals surface area contributed by atoms with E-state index in [4.69, 9.17) is 26.8 Å². The summed E-state index contributed by atoms with van der Waals surface area (Å²) >= 11 is 5.98. The summed E-state index contributed by atoms with van der Waals surface area (Å²) in [5.74, 6) is 1.24. The summed E-state index contributed by atoms with van der Waals surface area (Å²) in [4.78, 5) is 0. The number of rotatable bonds is 4. The van der Waals surface area contributed by atoms with Crippen LogP contribution in [0.4, 0.5) is 17.1 Å². The van der Waals surface area contributed by atoms with Gasteiger partial charge in [0.2, 0.25) is 0 Å². The zero-order valence-electron chi connectivity index (χ0n) is 10.7. The molecule has 100 valence electrons. The van der Waals surface area contributed by atoms with Crippen LogP contribution >= 0.6 is 11.6 Å². The molecule has 2 aromatic rings. The van der Waals surface area contributed by atoms with E-state index in [2.05, 4.69) is 5.32 Å². The molecule has 0 heterocycles. The third-order valence-electron chi connectivity index (χ3n) is 2.72. The van der Waals surface area contributed by atoms with Gasteiger partial charge in [0.1, 0.15) is 11.5 Å². The van der Waals surface area contributed by atoms with Gasteiger partial charge in [-0.15, -0.1) is 0 Å². The van der Waals surface area contributed by atoms with Crippen LogP contribution in [-0.2, 0) is 0 Å². The molecule has 0 fully saturated rings. The smallest absolute Gasteiger partial charge is 0.143 e. The first-order valence-corrected chi connectivity index (χ1v) is 6.06. The highest BCUT2D eigenvalue weighted by Crippen LogP contribution is 2.33. The van der Waals surface area contributed by atoms with Crippen molar-refractivity contribution >= 4 is 28.7 Å². The third kappa shape index (κ3) is 2.85. The molecule has 0 aromatic heterocycles. The number of hydrogen-bond donors (Lipinski definition) is 2. The number of nitrogen functional groups attached to an aromatic ring is 1. The molecule has 0 spiro atoms. The standard InChI is InChI=1S/C14H15ClN2O2/c1-18-12-5-3-4-11(14(12)16)17-9-6-7-10(15)13(8-9)19-2/h3-8,17H,16H2,1-2H3. The summed E-state index contributed by atoms with van der Waals surface area (Å²) in [6, 6.07) is 11.0. The molecule has 2 rings (SSSR count).